The van der Waals surface area contributed by atoms with Crippen LogP contribution >= 0.6 is 23.2 Å². The molecular formula is C34H41Cl2N2O3S+. The van der Waals surface area contributed by atoms with Gasteiger partial charge in [0.05, 0.1) is 28.3 Å². The number of nitrogens with zero attached hydrogens (tertiary/aromatic N) is 1. The first-order valence-electron chi connectivity index (χ1n) is 14.8. The van der Waals surface area contributed by atoms with Crippen molar-refractivity contribution < 1.29 is 13.2 Å². The van der Waals surface area contributed by atoms with E-state index in [2.05, 4.69) is 17.4 Å². The highest BCUT2D eigenvalue weighted by Gasteiger charge is 2.58. The van der Waals surface area contributed by atoms with Gasteiger partial charge in [0.15, 0.2) is 11.5 Å². The van der Waals surface area contributed by atoms with Crippen molar-refractivity contribution in [3.63, 3.8) is 0 Å². The number of carbonyl (C=O) groups is 1. The third kappa shape index (κ3) is 5.94. The minimum absolute atomic E-state index is 0.0691. The molecule has 0 radical (unpaired) electrons. The molecule has 0 amide bonds. The van der Waals surface area contributed by atoms with Crippen molar-refractivity contribution in [1.82, 2.24) is 9.21 Å². The number of quaternary nitrogens is 1. The van der Waals surface area contributed by atoms with Gasteiger partial charge in [0.2, 0.25) is 0 Å². The maximum absolute atomic E-state index is 13.8. The van der Waals surface area contributed by atoms with Gasteiger partial charge in [-0.25, -0.2) is 0 Å². The second-order valence-corrected chi connectivity index (χ2v) is 15.6. The molecule has 0 aromatic heterocycles. The Morgan fingerprint density at radius 2 is 1.64 bits per heavy atom. The lowest BCUT2D eigenvalue weighted by molar-refractivity contribution is 0.0917. The number of para-hydroxylation sites is 1. The van der Waals surface area contributed by atoms with E-state index in [0.717, 1.165) is 48.3 Å². The molecule has 1 spiro atoms. The highest BCUT2D eigenvalue weighted by Crippen LogP contribution is 2.52. The van der Waals surface area contributed by atoms with Crippen LogP contribution in [0.25, 0.3) is 0 Å². The molecule has 5 rings (SSSR count). The van der Waals surface area contributed by atoms with Gasteiger partial charge in [-0.3, -0.25) is 4.79 Å². The maximum atomic E-state index is 13.8. The summed E-state index contributed by atoms with van der Waals surface area (Å²) in [5.41, 5.74) is 5.71. The Balaban J connectivity index is 1.50. The number of piperidine rings is 1. The standard InChI is InChI=1S/C34H41Cl2N2O3S/c1-23-17-24(2)19-28(18-23)33(39)25(3)20-27(26-9-10-30(35)31(36)21-26)11-16-38(42(4,40)41)22-34(12-14-37-15-13-34)29-7-5-6-8-32(29)38/h5-10,17-19,21,25,27,37H,11-16,20,22H2,1-4H3/q+1/t25?,27-,38?/m1/s1. The smallest absolute Gasteiger partial charge is 0.298 e. The van der Waals surface area contributed by atoms with Crippen LogP contribution in [-0.4, -0.2) is 46.6 Å². The highest BCUT2D eigenvalue weighted by atomic mass is 35.5. The Morgan fingerprint density at radius 1 is 0.976 bits per heavy atom. The highest BCUT2D eigenvalue weighted by molar-refractivity contribution is 7.90. The Labute approximate surface area is 260 Å². The second kappa shape index (κ2) is 12.0. The zero-order valence-corrected chi connectivity index (χ0v) is 27.2. The van der Waals surface area contributed by atoms with Crippen LogP contribution in [0.2, 0.25) is 10.0 Å². The van der Waals surface area contributed by atoms with E-state index in [4.69, 9.17) is 23.2 Å². The third-order valence-corrected chi connectivity index (χ3v) is 12.0. The molecule has 1 saturated heterocycles. The molecule has 3 aromatic rings. The number of fused-ring (bicyclic) bond motifs is 2. The lowest BCUT2D eigenvalue weighted by atomic mass is 9.75. The van der Waals surface area contributed by atoms with Gasteiger partial charge in [0, 0.05) is 29.5 Å². The number of sulfonamides is 1. The fourth-order valence-electron chi connectivity index (χ4n) is 7.42. The first kappa shape index (κ1) is 31.2. The van der Waals surface area contributed by atoms with Crippen molar-refractivity contribution in [2.75, 3.05) is 32.4 Å². The van der Waals surface area contributed by atoms with Gasteiger partial charge in [0.1, 0.15) is 6.54 Å². The van der Waals surface area contributed by atoms with Crippen LogP contribution in [0.15, 0.2) is 60.7 Å². The van der Waals surface area contributed by atoms with Crippen LogP contribution in [0.4, 0.5) is 5.69 Å². The predicted molar refractivity (Wildman–Crippen MR) is 174 cm³/mol. The van der Waals surface area contributed by atoms with Crippen LogP contribution in [0.3, 0.4) is 0 Å². The molecule has 2 aliphatic rings. The monoisotopic (exact) mass is 627 g/mol. The third-order valence-electron chi connectivity index (χ3n) is 9.51. The number of rotatable bonds is 9. The number of Topliss-reactive ketones (excluding diaryl/α,β-unsaturated/α-hetero) is 1. The van der Waals surface area contributed by atoms with E-state index < -0.39 is 10.0 Å². The van der Waals surface area contributed by atoms with Crippen LogP contribution < -0.4 is 9.21 Å². The zero-order valence-electron chi connectivity index (χ0n) is 24.9. The van der Waals surface area contributed by atoms with Crippen molar-refractivity contribution in [3.05, 3.63) is 98.5 Å². The first-order valence-corrected chi connectivity index (χ1v) is 17.4. The predicted octanol–water partition coefficient (Wildman–Crippen LogP) is 7.59. The van der Waals surface area contributed by atoms with E-state index in [1.54, 1.807) is 6.07 Å². The minimum atomic E-state index is -3.54. The van der Waals surface area contributed by atoms with Crippen molar-refractivity contribution >= 4 is 44.7 Å². The summed E-state index contributed by atoms with van der Waals surface area (Å²) in [6.45, 7) is 8.69. The normalized spacial score (nSPS) is 21.2. The average Bonchev–Trinajstić information content (AvgIpc) is 3.22. The van der Waals surface area contributed by atoms with Gasteiger partial charge in [-0.2, -0.15) is 12.3 Å². The van der Waals surface area contributed by atoms with E-state index in [-0.39, 0.29) is 26.9 Å². The molecule has 8 heteroatoms. The summed E-state index contributed by atoms with van der Waals surface area (Å²) in [5.74, 6) is -0.254. The molecule has 1 N–H and O–H groups in total. The molecule has 0 aliphatic carbocycles. The van der Waals surface area contributed by atoms with Crippen LogP contribution in [-0.2, 0) is 15.4 Å². The van der Waals surface area contributed by atoms with Gasteiger partial charge >= 0.3 is 0 Å². The number of carbonyl (C=O) groups excluding carboxylic acids is 1. The van der Waals surface area contributed by atoms with Gasteiger partial charge in [-0.1, -0.05) is 71.6 Å². The number of halogens is 2. The van der Waals surface area contributed by atoms with E-state index in [1.807, 2.05) is 63.2 Å². The fourth-order valence-corrected chi connectivity index (χ4v) is 9.16. The number of benzene rings is 3. The topological polar surface area (TPSA) is 63.2 Å². The van der Waals surface area contributed by atoms with Crippen molar-refractivity contribution in [3.8, 4) is 0 Å². The summed E-state index contributed by atoms with van der Waals surface area (Å²) in [6, 6.07) is 19.7. The fraction of sp³-hybridized carbons (Fsp3) is 0.441. The van der Waals surface area contributed by atoms with Crippen LogP contribution in [0.1, 0.15) is 71.1 Å². The molecule has 5 nitrogen and oxygen atoms in total. The van der Waals surface area contributed by atoms with Gasteiger partial charge < -0.3 is 5.32 Å². The summed E-state index contributed by atoms with van der Waals surface area (Å²) in [7, 11) is -3.54. The molecule has 3 aromatic carbocycles. The van der Waals surface area contributed by atoms with E-state index in [1.165, 1.54) is 11.8 Å². The van der Waals surface area contributed by atoms with Crippen molar-refractivity contribution in [2.45, 2.75) is 57.8 Å². The molecule has 0 saturated carbocycles. The van der Waals surface area contributed by atoms with Crippen molar-refractivity contribution in [1.29, 1.82) is 0 Å². The molecule has 3 atom stereocenters. The summed E-state index contributed by atoms with van der Waals surface area (Å²) in [6.07, 6.45) is 4.36. The molecule has 1 fully saturated rings. The molecule has 2 unspecified atom stereocenters. The molecule has 2 aliphatic heterocycles. The van der Waals surface area contributed by atoms with Gasteiger partial charge in [-0.05, 0) is 81.9 Å². The Hall–Kier alpha value is -2.22. The molecule has 0 bridgehead atoms. The summed E-state index contributed by atoms with van der Waals surface area (Å²) >= 11 is 12.8. The Kier molecular flexibility index (Phi) is 8.95. The van der Waals surface area contributed by atoms with Crippen LogP contribution in [0, 0.1) is 19.8 Å². The molecule has 42 heavy (non-hydrogen) atoms. The Morgan fingerprint density at radius 3 is 2.29 bits per heavy atom. The largest absolute Gasteiger partial charge is 0.317 e. The van der Waals surface area contributed by atoms with E-state index in [9.17, 15) is 13.2 Å². The maximum Gasteiger partial charge on any atom is 0.298 e. The number of hydrogen-bond acceptors (Lipinski definition) is 4. The van der Waals surface area contributed by atoms with Gasteiger partial charge in [0.25, 0.3) is 10.0 Å². The second-order valence-electron chi connectivity index (χ2n) is 12.6. The number of ketones is 1. The summed E-state index contributed by atoms with van der Waals surface area (Å²) in [4.78, 5) is 13.6. The van der Waals surface area contributed by atoms with Crippen molar-refractivity contribution in [2.24, 2.45) is 5.92 Å². The quantitative estimate of drug-likeness (QED) is 0.196. The average molecular weight is 629 g/mol. The summed E-state index contributed by atoms with van der Waals surface area (Å²) in [5, 5.41) is 4.39. The number of hydrogen-bond donors (Lipinski definition) is 1. The molecule has 2 heterocycles. The van der Waals surface area contributed by atoms with E-state index in [0.29, 0.717) is 41.5 Å². The summed E-state index contributed by atoms with van der Waals surface area (Å²) < 4.78 is 27.6. The zero-order chi connectivity index (χ0) is 30.3. The van der Waals surface area contributed by atoms with Crippen LogP contribution in [0.5, 0.6) is 0 Å². The SMILES string of the molecule is Cc1cc(C)cc(C(=O)C(C)C[C@@H](CC[N+]2(S(C)(=O)=O)CC3(CCNCC3)c3ccccc32)c2ccc(Cl)c(Cl)c2)c1. The Bertz CT molecular complexity index is 1580. The van der Waals surface area contributed by atoms with Gasteiger partial charge in [-0.15, -0.1) is 0 Å². The molecular weight excluding hydrogens is 587 g/mol. The lowest BCUT2D eigenvalue weighted by Gasteiger charge is -2.37. The lowest BCUT2D eigenvalue weighted by Crippen LogP contribution is -2.57. The number of aryl methyl sites for hydroxylation is 2. The minimum Gasteiger partial charge on any atom is -0.317 e. The number of nitrogens with one attached hydrogen (secondary N) is 1. The first-order chi connectivity index (χ1) is 19.8. The molecule has 224 valence electrons. The van der Waals surface area contributed by atoms with E-state index >= 15 is 0 Å².